The lowest BCUT2D eigenvalue weighted by molar-refractivity contribution is -0.137. The summed E-state index contributed by atoms with van der Waals surface area (Å²) in [4.78, 5) is 20.1. The highest BCUT2D eigenvalue weighted by molar-refractivity contribution is 5.81. The number of aromatic nitrogens is 1. The average molecular weight is 403 g/mol. The molecule has 1 aliphatic heterocycles. The van der Waals surface area contributed by atoms with Crippen LogP contribution < -0.4 is 10.2 Å². The highest BCUT2D eigenvalue weighted by Crippen LogP contribution is 2.29. The van der Waals surface area contributed by atoms with Gasteiger partial charge in [0.25, 0.3) is 0 Å². The Bertz CT molecular complexity index is 875. The summed E-state index contributed by atoms with van der Waals surface area (Å²) < 4.78 is 38.0. The lowest BCUT2D eigenvalue weighted by atomic mass is 10.2. The molecule has 2 aromatic rings. The maximum Gasteiger partial charge on any atom is 0.417 e. The molecule has 1 aromatic heterocycles. The van der Waals surface area contributed by atoms with Gasteiger partial charge in [0.2, 0.25) is 5.91 Å². The molecule has 1 aliphatic rings. The molecule has 6 nitrogen and oxygen atoms in total. The van der Waals surface area contributed by atoms with Crippen molar-refractivity contribution >= 4 is 17.4 Å². The molecule has 0 spiro atoms. The minimum absolute atomic E-state index is 0.0587. The second-order valence-electron chi connectivity index (χ2n) is 6.67. The average Bonchev–Trinajstić information content (AvgIpc) is 2.98. The fourth-order valence-corrected chi connectivity index (χ4v) is 3.09. The topological polar surface area (TPSA) is 72.3 Å². The minimum atomic E-state index is -4.41. The van der Waals surface area contributed by atoms with Crippen molar-refractivity contribution in [3.8, 4) is 6.07 Å². The molecule has 3 rings (SSSR count). The highest BCUT2D eigenvalue weighted by atomic mass is 19.4. The number of benzene rings is 1. The Morgan fingerprint density at radius 3 is 2.48 bits per heavy atom. The maximum absolute atomic E-state index is 12.7. The van der Waals surface area contributed by atoms with Gasteiger partial charge >= 0.3 is 6.18 Å². The molecular formula is C20H20F3N5O. The van der Waals surface area contributed by atoms with E-state index in [0.717, 1.165) is 18.0 Å². The van der Waals surface area contributed by atoms with Crippen LogP contribution in [0.2, 0.25) is 0 Å². The number of hydrogen-bond donors (Lipinski definition) is 1. The molecule has 0 radical (unpaired) electrons. The number of carbonyl (C=O) groups is 1. The van der Waals surface area contributed by atoms with Gasteiger partial charge in [0.1, 0.15) is 5.82 Å². The number of rotatable bonds is 4. The number of hydrogen-bond acceptors (Lipinski definition) is 5. The molecule has 1 N–H and O–H groups in total. The number of pyridine rings is 1. The summed E-state index contributed by atoms with van der Waals surface area (Å²) in [5.74, 6) is 0.416. The van der Waals surface area contributed by atoms with Crippen LogP contribution >= 0.6 is 0 Å². The normalized spacial score (nSPS) is 14.8. The van der Waals surface area contributed by atoms with Crippen molar-refractivity contribution in [2.24, 2.45) is 0 Å². The van der Waals surface area contributed by atoms with E-state index in [1.165, 1.54) is 6.07 Å². The number of carbonyl (C=O) groups excluding carboxylic acids is 1. The monoisotopic (exact) mass is 403 g/mol. The summed E-state index contributed by atoms with van der Waals surface area (Å²) >= 11 is 0. The van der Waals surface area contributed by atoms with Crippen LogP contribution in [0, 0.1) is 11.3 Å². The summed E-state index contributed by atoms with van der Waals surface area (Å²) in [7, 11) is 0. The third-order valence-electron chi connectivity index (χ3n) is 4.71. The molecule has 1 saturated heterocycles. The smallest absolute Gasteiger partial charge is 0.376 e. The van der Waals surface area contributed by atoms with Crippen molar-refractivity contribution in [3.63, 3.8) is 0 Å². The van der Waals surface area contributed by atoms with Crippen molar-refractivity contribution in [1.29, 1.82) is 5.26 Å². The van der Waals surface area contributed by atoms with E-state index in [0.29, 0.717) is 44.0 Å². The Hall–Kier alpha value is -3.28. The fraction of sp³-hybridized carbons (Fsp3) is 0.350. The van der Waals surface area contributed by atoms with Crippen molar-refractivity contribution in [1.82, 2.24) is 9.88 Å². The number of amides is 1. The lowest BCUT2D eigenvalue weighted by Gasteiger charge is -2.23. The molecule has 0 bridgehead atoms. The van der Waals surface area contributed by atoms with Gasteiger partial charge in [-0.3, -0.25) is 4.79 Å². The first-order chi connectivity index (χ1) is 13.9. The van der Waals surface area contributed by atoms with Crippen LogP contribution in [0.3, 0.4) is 0 Å². The standard InChI is InChI=1S/C20H20F3N5O/c21-20(22,23)16-4-7-18(26-13-16)27-8-1-9-28(11-10-27)19(29)14-25-17-5-2-15(12-24)3-6-17/h2-7,13,25H,1,8-11,14H2. The first-order valence-electron chi connectivity index (χ1n) is 9.17. The van der Waals surface area contributed by atoms with Gasteiger partial charge in [-0.25, -0.2) is 4.98 Å². The lowest BCUT2D eigenvalue weighted by Crippen LogP contribution is -2.38. The summed E-state index contributed by atoms with van der Waals surface area (Å²) in [5.41, 5.74) is 0.524. The van der Waals surface area contributed by atoms with Crippen molar-refractivity contribution in [2.75, 3.05) is 42.9 Å². The summed E-state index contributed by atoms with van der Waals surface area (Å²) in [6.07, 6.45) is -2.87. The quantitative estimate of drug-likeness (QED) is 0.849. The van der Waals surface area contributed by atoms with Gasteiger partial charge in [-0.15, -0.1) is 0 Å². The number of alkyl halides is 3. The first-order valence-corrected chi connectivity index (χ1v) is 9.17. The van der Waals surface area contributed by atoms with Gasteiger partial charge in [-0.2, -0.15) is 18.4 Å². The zero-order valence-electron chi connectivity index (χ0n) is 15.6. The number of halogens is 3. The van der Waals surface area contributed by atoms with Crippen LogP contribution in [0.5, 0.6) is 0 Å². The molecule has 0 saturated carbocycles. The van der Waals surface area contributed by atoms with Gasteiger partial charge in [0.05, 0.1) is 23.7 Å². The minimum Gasteiger partial charge on any atom is -0.376 e. The SMILES string of the molecule is N#Cc1ccc(NCC(=O)N2CCCN(c3ccc(C(F)(F)F)cn3)CC2)cc1. The largest absolute Gasteiger partial charge is 0.417 e. The van der Waals surface area contributed by atoms with Crippen LogP contribution in [0.1, 0.15) is 17.5 Å². The van der Waals surface area contributed by atoms with E-state index < -0.39 is 11.7 Å². The summed E-state index contributed by atoms with van der Waals surface area (Å²) in [6.45, 7) is 2.29. The Balaban J connectivity index is 1.53. The number of nitrogens with one attached hydrogen (secondary N) is 1. The predicted molar refractivity (Wildman–Crippen MR) is 102 cm³/mol. The number of nitrogens with zero attached hydrogens (tertiary/aromatic N) is 4. The Morgan fingerprint density at radius 2 is 1.86 bits per heavy atom. The van der Waals surface area contributed by atoms with E-state index >= 15 is 0 Å². The molecule has 9 heteroatoms. The molecule has 0 unspecified atom stereocenters. The maximum atomic E-state index is 12.7. The van der Waals surface area contributed by atoms with Gasteiger partial charge < -0.3 is 15.1 Å². The molecule has 1 fully saturated rings. The molecule has 0 atom stereocenters. The van der Waals surface area contributed by atoms with E-state index in [1.54, 1.807) is 29.2 Å². The zero-order valence-corrected chi connectivity index (χ0v) is 15.6. The van der Waals surface area contributed by atoms with Crippen molar-refractivity contribution < 1.29 is 18.0 Å². The summed E-state index contributed by atoms with van der Waals surface area (Å²) in [5, 5.41) is 11.9. The van der Waals surface area contributed by atoms with Gasteiger partial charge in [-0.05, 0) is 42.8 Å². The molecule has 152 valence electrons. The van der Waals surface area contributed by atoms with E-state index in [4.69, 9.17) is 5.26 Å². The van der Waals surface area contributed by atoms with Crippen LogP contribution in [0.25, 0.3) is 0 Å². The van der Waals surface area contributed by atoms with E-state index in [1.807, 2.05) is 11.0 Å². The zero-order chi connectivity index (χ0) is 20.9. The van der Waals surface area contributed by atoms with E-state index in [-0.39, 0.29) is 12.5 Å². The van der Waals surface area contributed by atoms with Crippen LogP contribution in [0.15, 0.2) is 42.6 Å². The second kappa shape index (κ2) is 8.82. The van der Waals surface area contributed by atoms with Crippen LogP contribution in [-0.2, 0) is 11.0 Å². The van der Waals surface area contributed by atoms with Gasteiger partial charge in [0, 0.05) is 38.1 Å². The number of nitriles is 1. The van der Waals surface area contributed by atoms with Crippen LogP contribution in [0.4, 0.5) is 24.7 Å². The molecule has 0 aliphatic carbocycles. The Labute approximate surface area is 166 Å². The molecule has 1 aromatic carbocycles. The molecule has 1 amide bonds. The summed E-state index contributed by atoms with van der Waals surface area (Å²) in [6, 6.07) is 11.3. The third kappa shape index (κ3) is 5.38. The molecule has 2 heterocycles. The van der Waals surface area contributed by atoms with Crippen LogP contribution in [-0.4, -0.2) is 48.5 Å². The first kappa shape index (κ1) is 20.5. The second-order valence-corrected chi connectivity index (χ2v) is 6.67. The fourth-order valence-electron chi connectivity index (χ4n) is 3.09. The number of anilines is 2. The Morgan fingerprint density at radius 1 is 1.10 bits per heavy atom. The van der Waals surface area contributed by atoms with Gasteiger partial charge in [0.15, 0.2) is 0 Å². The predicted octanol–water partition coefficient (Wildman–Crippen LogP) is 3.12. The van der Waals surface area contributed by atoms with Crippen molar-refractivity contribution in [2.45, 2.75) is 12.6 Å². The van der Waals surface area contributed by atoms with Crippen molar-refractivity contribution in [3.05, 3.63) is 53.7 Å². The molecular weight excluding hydrogens is 383 g/mol. The third-order valence-corrected chi connectivity index (χ3v) is 4.71. The van der Waals surface area contributed by atoms with Gasteiger partial charge in [-0.1, -0.05) is 0 Å². The van der Waals surface area contributed by atoms with E-state index in [9.17, 15) is 18.0 Å². The Kier molecular flexibility index (Phi) is 6.22. The van der Waals surface area contributed by atoms with E-state index in [2.05, 4.69) is 10.3 Å². The highest BCUT2D eigenvalue weighted by Gasteiger charge is 2.31. The molecule has 29 heavy (non-hydrogen) atoms.